The normalized spacial score (nSPS) is 12.0. The van der Waals surface area contributed by atoms with Crippen LogP contribution in [0.3, 0.4) is 0 Å². The molecule has 0 bridgehead atoms. The number of hydrogen-bond acceptors (Lipinski definition) is 2. The molecule has 3 heteroatoms. The van der Waals surface area contributed by atoms with Crippen LogP contribution in [-0.4, -0.2) is 21.5 Å². The van der Waals surface area contributed by atoms with Gasteiger partial charge in [0.25, 0.3) is 0 Å². The highest BCUT2D eigenvalue weighted by atomic mass is 28.4. The number of nitrogens with two attached hydrogens (primary N) is 1. The Balaban J connectivity index is 3.96. The summed E-state index contributed by atoms with van der Waals surface area (Å²) in [5, 5.41) is 0. The number of rotatable bonds is 6. The SMILES string of the molecule is CCO[Si](CC)(CC)CCN. The maximum absolute atomic E-state index is 5.83. The van der Waals surface area contributed by atoms with Gasteiger partial charge in [-0.15, -0.1) is 0 Å². The van der Waals surface area contributed by atoms with E-state index in [0.717, 1.165) is 19.2 Å². The Bertz CT molecular complexity index is 86.1. The van der Waals surface area contributed by atoms with Gasteiger partial charge in [0.05, 0.1) is 0 Å². The van der Waals surface area contributed by atoms with Gasteiger partial charge in [-0.25, -0.2) is 0 Å². The highest BCUT2D eigenvalue weighted by molar-refractivity contribution is 6.73. The van der Waals surface area contributed by atoms with E-state index in [1.165, 1.54) is 12.1 Å². The third-order valence-electron chi connectivity index (χ3n) is 2.34. The van der Waals surface area contributed by atoms with Crippen molar-refractivity contribution in [3.8, 4) is 0 Å². The molecule has 68 valence electrons. The molecule has 11 heavy (non-hydrogen) atoms. The molecule has 0 amide bonds. The van der Waals surface area contributed by atoms with Crippen LogP contribution in [0.5, 0.6) is 0 Å². The second-order valence-electron chi connectivity index (χ2n) is 2.86. The minimum atomic E-state index is -1.37. The number of hydrogen-bond donors (Lipinski definition) is 1. The van der Waals surface area contributed by atoms with E-state index in [4.69, 9.17) is 10.2 Å². The van der Waals surface area contributed by atoms with Gasteiger partial charge >= 0.3 is 0 Å². The smallest absolute Gasteiger partial charge is 0.193 e. The molecule has 0 aliphatic carbocycles. The van der Waals surface area contributed by atoms with Crippen LogP contribution in [0.1, 0.15) is 20.8 Å². The van der Waals surface area contributed by atoms with Crippen LogP contribution in [-0.2, 0) is 4.43 Å². The van der Waals surface area contributed by atoms with E-state index in [-0.39, 0.29) is 0 Å². The molecule has 0 atom stereocenters. The molecule has 0 rings (SSSR count). The zero-order chi connectivity index (χ0) is 8.74. The molecule has 0 spiro atoms. The van der Waals surface area contributed by atoms with E-state index in [0.29, 0.717) is 0 Å². The molecule has 0 fully saturated rings. The maximum Gasteiger partial charge on any atom is 0.193 e. The predicted molar refractivity (Wildman–Crippen MR) is 52.2 cm³/mol. The van der Waals surface area contributed by atoms with Gasteiger partial charge in [-0.2, -0.15) is 0 Å². The van der Waals surface area contributed by atoms with Crippen LogP contribution in [0.25, 0.3) is 0 Å². The van der Waals surface area contributed by atoms with Gasteiger partial charge in [0, 0.05) is 6.61 Å². The molecular formula is C8H21NOSi. The molecule has 0 radical (unpaired) electrons. The minimum Gasteiger partial charge on any atom is -0.417 e. The zero-order valence-electron chi connectivity index (χ0n) is 8.02. The average molecular weight is 175 g/mol. The summed E-state index contributed by atoms with van der Waals surface area (Å²) in [4.78, 5) is 0. The van der Waals surface area contributed by atoms with Crippen LogP contribution < -0.4 is 5.73 Å². The van der Waals surface area contributed by atoms with Crippen LogP contribution in [0.15, 0.2) is 0 Å². The van der Waals surface area contributed by atoms with Crippen molar-refractivity contribution in [2.24, 2.45) is 5.73 Å². The Morgan fingerprint density at radius 1 is 1.18 bits per heavy atom. The summed E-state index contributed by atoms with van der Waals surface area (Å²) in [6.45, 7) is 8.16. The molecule has 2 N–H and O–H groups in total. The second-order valence-corrected chi connectivity index (χ2v) is 7.43. The lowest BCUT2D eigenvalue weighted by Crippen LogP contribution is -2.38. The zero-order valence-corrected chi connectivity index (χ0v) is 9.02. The Hall–Kier alpha value is 0.137. The fourth-order valence-electron chi connectivity index (χ4n) is 1.45. The van der Waals surface area contributed by atoms with E-state index < -0.39 is 8.32 Å². The van der Waals surface area contributed by atoms with Crippen LogP contribution in [0.2, 0.25) is 18.1 Å². The van der Waals surface area contributed by atoms with E-state index in [1.54, 1.807) is 0 Å². The van der Waals surface area contributed by atoms with Crippen LogP contribution in [0.4, 0.5) is 0 Å². The first-order valence-electron chi connectivity index (χ1n) is 4.58. The van der Waals surface area contributed by atoms with Crippen molar-refractivity contribution in [2.45, 2.75) is 38.9 Å². The summed E-state index contributed by atoms with van der Waals surface area (Å²) in [7, 11) is -1.37. The van der Waals surface area contributed by atoms with Gasteiger partial charge in [0.1, 0.15) is 0 Å². The van der Waals surface area contributed by atoms with Crippen LogP contribution >= 0.6 is 0 Å². The first kappa shape index (κ1) is 11.1. The lowest BCUT2D eigenvalue weighted by atomic mass is 10.8. The third kappa shape index (κ3) is 3.36. The van der Waals surface area contributed by atoms with Crippen molar-refractivity contribution < 1.29 is 4.43 Å². The Kier molecular flexibility index (Phi) is 5.82. The highest BCUT2D eigenvalue weighted by Gasteiger charge is 2.28. The van der Waals surface area contributed by atoms with E-state index in [1.807, 2.05) is 0 Å². The van der Waals surface area contributed by atoms with Crippen LogP contribution in [0, 0.1) is 0 Å². The summed E-state index contributed by atoms with van der Waals surface area (Å²) < 4.78 is 5.83. The van der Waals surface area contributed by atoms with Gasteiger partial charge in [-0.05, 0) is 31.6 Å². The van der Waals surface area contributed by atoms with E-state index in [9.17, 15) is 0 Å². The summed E-state index contributed by atoms with van der Waals surface area (Å²) >= 11 is 0. The molecule has 0 unspecified atom stereocenters. The van der Waals surface area contributed by atoms with Gasteiger partial charge in [0.2, 0.25) is 0 Å². The van der Waals surface area contributed by atoms with Crippen molar-refractivity contribution in [1.82, 2.24) is 0 Å². The topological polar surface area (TPSA) is 35.2 Å². The standard InChI is InChI=1S/C8H21NOSi/c1-4-10-11(5-2,6-3)8-7-9/h4-9H2,1-3H3. The maximum atomic E-state index is 5.83. The van der Waals surface area contributed by atoms with Gasteiger partial charge < -0.3 is 10.2 Å². The van der Waals surface area contributed by atoms with Gasteiger partial charge in [-0.1, -0.05) is 13.8 Å². The fraction of sp³-hybridized carbons (Fsp3) is 1.00. The Morgan fingerprint density at radius 2 is 1.73 bits per heavy atom. The molecule has 0 saturated heterocycles. The molecule has 0 aliphatic rings. The van der Waals surface area contributed by atoms with Crippen molar-refractivity contribution in [1.29, 1.82) is 0 Å². The molecule has 0 heterocycles. The molecule has 0 aromatic heterocycles. The summed E-state index contributed by atoms with van der Waals surface area (Å²) in [5.74, 6) is 0. The molecule has 0 aliphatic heterocycles. The quantitative estimate of drug-likeness (QED) is 0.626. The minimum absolute atomic E-state index is 0.786. The second kappa shape index (κ2) is 5.74. The van der Waals surface area contributed by atoms with Crippen molar-refractivity contribution in [3.05, 3.63) is 0 Å². The predicted octanol–water partition coefficient (Wildman–Crippen LogP) is 1.97. The van der Waals surface area contributed by atoms with E-state index in [2.05, 4.69) is 20.8 Å². The fourth-order valence-corrected chi connectivity index (χ4v) is 4.35. The summed E-state index contributed by atoms with van der Waals surface area (Å²) in [6.07, 6.45) is 0. The largest absolute Gasteiger partial charge is 0.417 e. The van der Waals surface area contributed by atoms with E-state index >= 15 is 0 Å². The Morgan fingerprint density at radius 3 is 2.00 bits per heavy atom. The van der Waals surface area contributed by atoms with Gasteiger partial charge in [-0.3, -0.25) is 0 Å². The lowest BCUT2D eigenvalue weighted by molar-refractivity contribution is 0.320. The molecule has 2 nitrogen and oxygen atoms in total. The third-order valence-corrected chi connectivity index (χ3v) is 7.02. The molecule has 0 aromatic carbocycles. The van der Waals surface area contributed by atoms with Crippen molar-refractivity contribution in [2.75, 3.05) is 13.2 Å². The lowest BCUT2D eigenvalue weighted by Gasteiger charge is -2.27. The molecular weight excluding hydrogens is 154 g/mol. The van der Waals surface area contributed by atoms with Crippen molar-refractivity contribution in [3.63, 3.8) is 0 Å². The summed E-state index contributed by atoms with van der Waals surface area (Å²) in [6, 6.07) is 3.52. The Labute approximate surface area is 71.3 Å². The first-order valence-corrected chi connectivity index (χ1v) is 7.11. The van der Waals surface area contributed by atoms with Crippen molar-refractivity contribution >= 4 is 8.32 Å². The molecule has 0 aromatic rings. The summed E-state index contributed by atoms with van der Waals surface area (Å²) in [5.41, 5.74) is 5.55. The highest BCUT2D eigenvalue weighted by Crippen LogP contribution is 2.20. The molecule has 0 saturated carbocycles. The monoisotopic (exact) mass is 175 g/mol. The first-order chi connectivity index (χ1) is 5.24. The van der Waals surface area contributed by atoms with Gasteiger partial charge in [0.15, 0.2) is 8.32 Å². The average Bonchev–Trinajstić information content (AvgIpc) is 2.04.